The molecule has 0 aliphatic rings. The summed E-state index contributed by atoms with van der Waals surface area (Å²) in [4.78, 5) is 7.83. The van der Waals surface area contributed by atoms with Crippen molar-refractivity contribution in [2.24, 2.45) is 0 Å². The summed E-state index contributed by atoms with van der Waals surface area (Å²) >= 11 is 11.2. The van der Waals surface area contributed by atoms with Crippen LogP contribution in [0.1, 0.15) is 5.69 Å². The highest BCUT2D eigenvalue weighted by Crippen LogP contribution is 2.26. The van der Waals surface area contributed by atoms with Crippen LogP contribution in [0.3, 0.4) is 0 Å². The van der Waals surface area contributed by atoms with Gasteiger partial charge in [-0.1, -0.05) is 23.2 Å². The molecule has 0 fully saturated rings. The minimum Gasteiger partial charge on any atom is -0.233 e. The molecule has 2 aromatic rings. The number of benzene rings is 1. The van der Waals surface area contributed by atoms with Crippen LogP contribution in [0.5, 0.6) is 0 Å². The Balaban J connectivity index is 2.64. The van der Waals surface area contributed by atoms with Crippen LogP contribution < -0.4 is 0 Å². The van der Waals surface area contributed by atoms with E-state index in [0.29, 0.717) is 5.69 Å². The van der Waals surface area contributed by atoms with E-state index in [9.17, 15) is 8.78 Å². The Kier molecular flexibility index (Phi) is 3.26. The number of aryl methyl sites for hydroxylation is 1. The number of aromatic nitrogens is 2. The topological polar surface area (TPSA) is 25.8 Å². The van der Waals surface area contributed by atoms with Crippen molar-refractivity contribution in [3.63, 3.8) is 0 Å². The van der Waals surface area contributed by atoms with Crippen molar-refractivity contribution in [1.29, 1.82) is 0 Å². The molecule has 6 heteroatoms. The summed E-state index contributed by atoms with van der Waals surface area (Å²) in [6.07, 6.45) is 0. The summed E-state index contributed by atoms with van der Waals surface area (Å²) in [6, 6.07) is 3.35. The van der Waals surface area contributed by atoms with Crippen molar-refractivity contribution in [2.75, 3.05) is 0 Å². The summed E-state index contributed by atoms with van der Waals surface area (Å²) in [7, 11) is 0. The fraction of sp³-hybridized carbons (Fsp3) is 0.0909. The van der Waals surface area contributed by atoms with Gasteiger partial charge < -0.3 is 0 Å². The lowest BCUT2D eigenvalue weighted by Crippen LogP contribution is -1.96. The Morgan fingerprint density at radius 1 is 1.00 bits per heavy atom. The van der Waals surface area contributed by atoms with E-state index in [0.717, 1.165) is 12.1 Å². The predicted octanol–water partition coefficient (Wildman–Crippen LogP) is 4.04. The van der Waals surface area contributed by atoms with Crippen LogP contribution >= 0.6 is 23.2 Å². The normalized spacial score (nSPS) is 10.6. The average Bonchev–Trinajstić information content (AvgIpc) is 2.22. The highest BCUT2D eigenvalue weighted by Gasteiger charge is 2.13. The minimum absolute atomic E-state index is 0.0306. The molecule has 0 aliphatic heterocycles. The Bertz CT molecular complexity index is 568. The second kappa shape index (κ2) is 4.55. The van der Waals surface area contributed by atoms with Crippen LogP contribution in [0.25, 0.3) is 11.4 Å². The molecule has 0 saturated carbocycles. The number of rotatable bonds is 1. The van der Waals surface area contributed by atoms with E-state index in [1.54, 1.807) is 6.92 Å². The smallest absolute Gasteiger partial charge is 0.164 e. The lowest BCUT2D eigenvalue weighted by molar-refractivity contribution is 0.602. The highest BCUT2D eigenvalue weighted by molar-refractivity contribution is 6.30. The molecule has 0 saturated heterocycles. The van der Waals surface area contributed by atoms with E-state index in [-0.39, 0.29) is 21.6 Å². The fourth-order valence-corrected chi connectivity index (χ4v) is 1.73. The summed E-state index contributed by atoms with van der Waals surface area (Å²) in [5.74, 6) is -1.40. The summed E-state index contributed by atoms with van der Waals surface area (Å²) in [5.41, 5.74) is 0.493. The maximum absolute atomic E-state index is 13.6. The lowest BCUT2D eigenvalue weighted by Gasteiger charge is -2.05. The third-order valence-corrected chi connectivity index (χ3v) is 2.56. The van der Waals surface area contributed by atoms with E-state index in [4.69, 9.17) is 23.2 Å². The van der Waals surface area contributed by atoms with Crippen molar-refractivity contribution < 1.29 is 8.78 Å². The molecule has 2 rings (SSSR count). The Morgan fingerprint density at radius 2 is 1.71 bits per heavy atom. The molecule has 1 heterocycles. The van der Waals surface area contributed by atoms with Gasteiger partial charge in [-0.2, -0.15) is 0 Å². The molecule has 0 unspecified atom stereocenters. The third kappa shape index (κ3) is 2.53. The van der Waals surface area contributed by atoms with Gasteiger partial charge in [0.05, 0.1) is 10.6 Å². The first kappa shape index (κ1) is 12.2. The summed E-state index contributed by atoms with van der Waals surface area (Å²) in [6.45, 7) is 1.68. The van der Waals surface area contributed by atoms with E-state index in [2.05, 4.69) is 9.97 Å². The van der Waals surface area contributed by atoms with Gasteiger partial charge in [-0.15, -0.1) is 0 Å². The van der Waals surface area contributed by atoms with E-state index in [1.807, 2.05) is 0 Å². The van der Waals surface area contributed by atoms with Crippen molar-refractivity contribution in [3.8, 4) is 11.4 Å². The first-order valence-corrected chi connectivity index (χ1v) is 5.39. The SMILES string of the molecule is Cc1cc(Cl)nc(-c2cc(F)c(Cl)cc2F)n1. The van der Waals surface area contributed by atoms with Gasteiger partial charge in [-0.3, -0.25) is 0 Å². The number of halogens is 4. The second-order valence-corrected chi connectivity index (χ2v) is 4.20. The molecule has 1 aromatic heterocycles. The molecule has 0 aliphatic carbocycles. The molecular weight excluding hydrogens is 269 g/mol. The monoisotopic (exact) mass is 274 g/mol. The molecule has 0 radical (unpaired) electrons. The first-order chi connectivity index (χ1) is 7.97. The zero-order valence-electron chi connectivity index (χ0n) is 8.64. The number of hydrogen-bond donors (Lipinski definition) is 0. The van der Waals surface area contributed by atoms with Gasteiger partial charge in [0.2, 0.25) is 0 Å². The maximum Gasteiger partial charge on any atom is 0.164 e. The molecule has 0 N–H and O–H groups in total. The third-order valence-electron chi connectivity index (χ3n) is 2.07. The molecule has 0 spiro atoms. The van der Waals surface area contributed by atoms with Crippen molar-refractivity contribution >= 4 is 23.2 Å². The van der Waals surface area contributed by atoms with E-state index >= 15 is 0 Å². The van der Waals surface area contributed by atoms with Gasteiger partial charge in [0.15, 0.2) is 5.82 Å². The molecule has 17 heavy (non-hydrogen) atoms. The van der Waals surface area contributed by atoms with Gasteiger partial charge in [-0.05, 0) is 25.1 Å². The van der Waals surface area contributed by atoms with Crippen LogP contribution in [0.2, 0.25) is 10.2 Å². The van der Waals surface area contributed by atoms with Gasteiger partial charge in [0.25, 0.3) is 0 Å². The number of nitrogens with zero attached hydrogens (tertiary/aromatic N) is 2. The summed E-state index contributed by atoms with van der Waals surface area (Å²) in [5, 5.41) is -0.118. The van der Waals surface area contributed by atoms with E-state index in [1.165, 1.54) is 6.07 Å². The molecule has 1 aromatic carbocycles. The number of hydrogen-bond acceptors (Lipinski definition) is 2. The highest BCUT2D eigenvalue weighted by atomic mass is 35.5. The van der Waals surface area contributed by atoms with Crippen LogP contribution in [0.15, 0.2) is 18.2 Å². The Morgan fingerprint density at radius 3 is 2.35 bits per heavy atom. The van der Waals surface area contributed by atoms with Crippen LogP contribution in [-0.2, 0) is 0 Å². The minimum atomic E-state index is -0.732. The van der Waals surface area contributed by atoms with E-state index < -0.39 is 11.6 Å². The van der Waals surface area contributed by atoms with Gasteiger partial charge in [0, 0.05) is 5.69 Å². The summed E-state index contributed by atoms with van der Waals surface area (Å²) < 4.78 is 26.9. The zero-order chi connectivity index (χ0) is 12.6. The average molecular weight is 275 g/mol. The lowest BCUT2D eigenvalue weighted by atomic mass is 10.2. The molecule has 88 valence electrons. The first-order valence-electron chi connectivity index (χ1n) is 4.63. The van der Waals surface area contributed by atoms with Crippen LogP contribution in [0, 0.1) is 18.6 Å². The van der Waals surface area contributed by atoms with Gasteiger partial charge in [0.1, 0.15) is 16.8 Å². The fourth-order valence-electron chi connectivity index (χ4n) is 1.34. The second-order valence-electron chi connectivity index (χ2n) is 3.40. The Hall–Kier alpha value is -1.26. The van der Waals surface area contributed by atoms with Crippen LogP contribution in [-0.4, -0.2) is 9.97 Å². The molecule has 0 bridgehead atoms. The van der Waals surface area contributed by atoms with Gasteiger partial charge in [-0.25, -0.2) is 18.7 Å². The quantitative estimate of drug-likeness (QED) is 0.580. The predicted molar refractivity (Wildman–Crippen MR) is 62.1 cm³/mol. The zero-order valence-corrected chi connectivity index (χ0v) is 10.2. The Labute approximate surface area is 106 Å². The standard InChI is InChI=1S/C11H6Cl2F2N2/c1-5-2-10(13)17-11(16-5)6-3-9(15)7(12)4-8(6)14/h2-4H,1H3. The maximum atomic E-state index is 13.6. The molecule has 2 nitrogen and oxygen atoms in total. The molecule has 0 amide bonds. The van der Waals surface area contributed by atoms with Gasteiger partial charge >= 0.3 is 0 Å². The van der Waals surface area contributed by atoms with Crippen molar-refractivity contribution in [1.82, 2.24) is 9.97 Å². The van der Waals surface area contributed by atoms with Crippen molar-refractivity contribution in [2.45, 2.75) is 6.92 Å². The molecule has 0 atom stereocenters. The van der Waals surface area contributed by atoms with Crippen molar-refractivity contribution in [3.05, 3.63) is 45.7 Å². The molecular formula is C11H6Cl2F2N2. The van der Waals surface area contributed by atoms with Crippen LogP contribution in [0.4, 0.5) is 8.78 Å². The largest absolute Gasteiger partial charge is 0.233 e.